The Hall–Kier alpha value is -0.540. The zero-order valence-electron chi connectivity index (χ0n) is 5.76. The Labute approximate surface area is 54.9 Å². The van der Waals surface area contributed by atoms with Crippen molar-refractivity contribution >= 4 is 0 Å². The van der Waals surface area contributed by atoms with Crippen LogP contribution in [0, 0.1) is 0 Å². The molecule has 3 nitrogen and oxygen atoms in total. The average Bonchev–Trinajstić information content (AvgIpc) is 2.15. The van der Waals surface area contributed by atoms with Crippen LogP contribution in [0.2, 0.25) is 0 Å². The van der Waals surface area contributed by atoms with E-state index in [-0.39, 0.29) is 0 Å². The molecule has 52 valence electrons. The van der Waals surface area contributed by atoms with Crippen LogP contribution < -0.4 is 5.43 Å². The third-order valence-corrected chi connectivity index (χ3v) is 1.50. The minimum absolute atomic E-state index is 0.421. The van der Waals surface area contributed by atoms with Crippen molar-refractivity contribution in [1.82, 2.24) is 10.4 Å². The van der Waals surface area contributed by atoms with Gasteiger partial charge in [0.05, 0.1) is 0 Å². The predicted octanol–water partition coefficient (Wildman–Crippen LogP) is 0.0487. The lowest BCUT2D eigenvalue weighted by Crippen LogP contribution is -2.37. The molecule has 0 aromatic carbocycles. The van der Waals surface area contributed by atoms with E-state index in [9.17, 15) is 5.11 Å². The maximum atomic E-state index is 9.25. The molecule has 0 aromatic rings. The number of aliphatic hydroxyl groups is 1. The Bertz CT molecular complexity index is 133. The average molecular weight is 128 g/mol. The highest BCUT2D eigenvalue weighted by Crippen LogP contribution is 2.09. The second-order valence-electron chi connectivity index (χ2n) is 2.18. The van der Waals surface area contributed by atoms with Crippen molar-refractivity contribution in [3.63, 3.8) is 0 Å². The summed E-state index contributed by atoms with van der Waals surface area (Å²) in [6, 6.07) is 0. The molecule has 0 saturated carbocycles. The van der Waals surface area contributed by atoms with Gasteiger partial charge in [-0.1, -0.05) is 6.92 Å². The van der Waals surface area contributed by atoms with E-state index >= 15 is 0 Å². The Morgan fingerprint density at radius 2 is 2.56 bits per heavy atom. The van der Waals surface area contributed by atoms with Crippen LogP contribution in [0.1, 0.15) is 13.8 Å². The van der Waals surface area contributed by atoms with Gasteiger partial charge in [0.1, 0.15) is 6.23 Å². The Balaban J connectivity index is 2.51. The quantitative estimate of drug-likeness (QED) is 0.523. The van der Waals surface area contributed by atoms with E-state index in [4.69, 9.17) is 0 Å². The summed E-state index contributed by atoms with van der Waals surface area (Å²) in [5.74, 6) is 0. The van der Waals surface area contributed by atoms with Crippen LogP contribution in [0.3, 0.4) is 0 Å². The first-order valence-corrected chi connectivity index (χ1v) is 3.13. The maximum absolute atomic E-state index is 9.25. The van der Waals surface area contributed by atoms with Gasteiger partial charge in [0.15, 0.2) is 0 Å². The monoisotopic (exact) mass is 128 g/mol. The minimum atomic E-state index is -0.421. The highest BCUT2D eigenvalue weighted by atomic mass is 16.3. The summed E-state index contributed by atoms with van der Waals surface area (Å²) < 4.78 is 0. The summed E-state index contributed by atoms with van der Waals surface area (Å²) in [6.45, 7) is 4.70. The number of hydrogen-bond donors (Lipinski definition) is 2. The lowest BCUT2D eigenvalue weighted by molar-refractivity contribution is 0.0284. The summed E-state index contributed by atoms with van der Waals surface area (Å²) in [4.78, 5) is 0. The van der Waals surface area contributed by atoms with E-state index in [0.29, 0.717) is 0 Å². The topological polar surface area (TPSA) is 35.5 Å². The molecule has 0 bridgehead atoms. The molecule has 1 unspecified atom stereocenters. The molecule has 1 heterocycles. The van der Waals surface area contributed by atoms with E-state index in [1.54, 1.807) is 5.01 Å². The number of nitrogens with one attached hydrogen (secondary N) is 1. The number of rotatable bonds is 1. The number of likely N-dealkylation sites (N-methyl/N-ethyl adjacent to an activating group) is 1. The van der Waals surface area contributed by atoms with Crippen molar-refractivity contribution in [2.24, 2.45) is 0 Å². The zero-order chi connectivity index (χ0) is 6.85. The number of hydrazine groups is 1. The predicted molar refractivity (Wildman–Crippen MR) is 35.3 cm³/mol. The molecular formula is C6H12N2O. The van der Waals surface area contributed by atoms with Crippen molar-refractivity contribution in [2.45, 2.75) is 20.1 Å². The van der Waals surface area contributed by atoms with E-state index in [1.165, 1.54) is 0 Å². The molecule has 0 fully saturated rings. The Morgan fingerprint density at radius 3 is 2.78 bits per heavy atom. The van der Waals surface area contributed by atoms with E-state index in [0.717, 1.165) is 12.1 Å². The molecule has 3 heteroatoms. The van der Waals surface area contributed by atoms with Crippen LogP contribution in [0.4, 0.5) is 0 Å². The Morgan fingerprint density at radius 1 is 1.89 bits per heavy atom. The molecule has 0 aromatic heterocycles. The smallest absolute Gasteiger partial charge is 0.147 e. The van der Waals surface area contributed by atoms with Gasteiger partial charge in [-0.05, 0) is 12.5 Å². The first kappa shape index (κ1) is 6.58. The van der Waals surface area contributed by atoms with Gasteiger partial charge in [-0.25, -0.2) is 0 Å². The standard InChI is InChI=1S/C6H12N2O/c1-3-8-6(9)5(2)4-7-8/h4,6-7,9H,3H2,1-2H3. The van der Waals surface area contributed by atoms with Gasteiger partial charge in [-0.15, -0.1) is 0 Å². The third-order valence-electron chi connectivity index (χ3n) is 1.50. The van der Waals surface area contributed by atoms with Crippen molar-refractivity contribution in [3.05, 3.63) is 11.8 Å². The van der Waals surface area contributed by atoms with Crippen molar-refractivity contribution in [3.8, 4) is 0 Å². The summed E-state index contributed by atoms with van der Waals surface area (Å²) in [7, 11) is 0. The molecule has 1 aliphatic heterocycles. The molecule has 0 spiro atoms. The van der Waals surface area contributed by atoms with E-state index < -0.39 is 6.23 Å². The molecule has 1 rings (SSSR count). The molecule has 1 atom stereocenters. The summed E-state index contributed by atoms with van der Waals surface area (Å²) in [5, 5.41) is 11.0. The Kier molecular flexibility index (Phi) is 1.73. The maximum Gasteiger partial charge on any atom is 0.147 e. The summed E-state index contributed by atoms with van der Waals surface area (Å²) in [5.41, 5.74) is 3.90. The van der Waals surface area contributed by atoms with Gasteiger partial charge in [0.2, 0.25) is 0 Å². The molecule has 0 saturated heterocycles. The molecule has 1 aliphatic rings. The second-order valence-corrected chi connectivity index (χ2v) is 2.18. The number of aliphatic hydroxyl groups excluding tert-OH is 1. The largest absolute Gasteiger partial charge is 0.373 e. The summed E-state index contributed by atoms with van der Waals surface area (Å²) in [6.07, 6.45) is 1.39. The van der Waals surface area contributed by atoms with Crippen LogP contribution in [0.5, 0.6) is 0 Å². The van der Waals surface area contributed by atoms with Gasteiger partial charge in [0, 0.05) is 12.7 Å². The second kappa shape index (κ2) is 2.37. The summed E-state index contributed by atoms with van der Waals surface area (Å²) >= 11 is 0. The van der Waals surface area contributed by atoms with Gasteiger partial charge in [0.25, 0.3) is 0 Å². The van der Waals surface area contributed by atoms with Gasteiger partial charge < -0.3 is 10.5 Å². The van der Waals surface area contributed by atoms with Crippen LogP contribution in [0.25, 0.3) is 0 Å². The van der Waals surface area contributed by atoms with Crippen LogP contribution >= 0.6 is 0 Å². The van der Waals surface area contributed by atoms with Crippen molar-refractivity contribution in [1.29, 1.82) is 0 Å². The SMILES string of the molecule is CCN1NC=C(C)C1O. The molecule has 2 N–H and O–H groups in total. The molecule has 0 radical (unpaired) electrons. The zero-order valence-corrected chi connectivity index (χ0v) is 5.76. The fourth-order valence-corrected chi connectivity index (χ4v) is 0.840. The number of hydrogen-bond acceptors (Lipinski definition) is 3. The van der Waals surface area contributed by atoms with Crippen LogP contribution in [-0.4, -0.2) is 22.9 Å². The normalized spacial score (nSPS) is 27.9. The van der Waals surface area contributed by atoms with E-state index in [2.05, 4.69) is 5.43 Å². The first-order chi connectivity index (χ1) is 4.25. The number of nitrogens with zero attached hydrogens (tertiary/aromatic N) is 1. The van der Waals surface area contributed by atoms with Crippen LogP contribution in [0.15, 0.2) is 11.8 Å². The molecule has 0 amide bonds. The van der Waals surface area contributed by atoms with Gasteiger partial charge in [-0.3, -0.25) is 0 Å². The third kappa shape index (κ3) is 1.06. The van der Waals surface area contributed by atoms with Crippen molar-refractivity contribution < 1.29 is 5.11 Å². The highest BCUT2D eigenvalue weighted by molar-refractivity contribution is 5.06. The van der Waals surface area contributed by atoms with E-state index in [1.807, 2.05) is 20.0 Å². The lowest BCUT2D eigenvalue weighted by atomic mass is 10.3. The highest BCUT2D eigenvalue weighted by Gasteiger charge is 2.19. The first-order valence-electron chi connectivity index (χ1n) is 3.13. The van der Waals surface area contributed by atoms with Gasteiger partial charge >= 0.3 is 0 Å². The fourth-order valence-electron chi connectivity index (χ4n) is 0.840. The minimum Gasteiger partial charge on any atom is -0.373 e. The molecule has 9 heavy (non-hydrogen) atoms. The van der Waals surface area contributed by atoms with Gasteiger partial charge in [-0.2, -0.15) is 5.01 Å². The molecular weight excluding hydrogens is 116 g/mol. The molecule has 0 aliphatic carbocycles. The van der Waals surface area contributed by atoms with Crippen LogP contribution in [-0.2, 0) is 0 Å². The fraction of sp³-hybridized carbons (Fsp3) is 0.667. The lowest BCUT2D eigenvalue weighted by Gasteiger charge is -2.18. The van der Waals surface area contributed by atoms with Crippen molar-refractivity contribution in [2.75, 3.05) is 6.54 Å².